The fourth-order valence-corrected chi connectivity index (χ4v) is 1.30. The zero-order valence-electron chi connectivity index (χ0n) is 8.67. The maximum atomic E-state index is 4.29. The highest BCUT2D eigenvalue weighted by Gasteiger charge is 2.00. The predicted octanol–water partition coefficient (Wildman–Crippen LogP) is 0.895. The summed E-state index contributed by atoms with van der Waals surface area (Å²) in [4.78, 5) is 4.24. The fraction of sp³-hybridized carbons (Fsp3) is 0.778. The first-order chi connectivity index (χ1) is 6.24. The van der Waals surface area contributed by atoms with Crippen LogP contribution in [0.5, 0.6) is 0 Å². The Morgan fingerprint density at radius 1 is 1.38 bits per heavy atom. The summed E-state index contributed by atoms with van der Waals surface area (Å²) in [5.41, 5.74) is 0. The molecule has 1 rings (SSSR count). The van der Waals surface area contributed by atoms with E-state index in [9.17, 15) is 0 Å². The largest absolute Gasteiger partial charge is 0.317 e. The molecule has 1 aromatic heterocycles. The average molecular weight is 182 g/mol. The van der Waals surface area contributed by atoms with Gasteiger partial charge in [0.2, 0.25) is 0 Å². The first kappa shape index (κ1) is 10.2. The van der Waals surface area contributed by atoms with E-state index in [0.29, 0.717) is 0 Å². The van der Waals surface area contributed by atoms with Gasteiger partial charge in [0.05, 0.1) is 0 Å². The molecule has 13 heavy (non-hydrogen) atoms. The van der Waals surface area contributed by atoms with Crippen LogP contribution in [-0.2, 0) is 6.54 Å². The zero-order valence-corrected chi connectivity index (χ0v) is 8.67. The van der Waals surface area contributed by atoms with Crippen LogP contribution in [0.25, 0.3) is 0 Å². The van der Waals surface area contributed by atoms with Gasteiger partial charge in [0.15, 0.2) is 0 Å². The predicted molar refractivity (Wildman–Crippen MR) is 52.7 cm³/mol. The van der Waals surface area contributed by atoms with Crippen molar-refractivity contribution in [3.05, 3.63) is 11.6 Å². The monoisotopic (exact) mass is 182 g/mol. The van der Waals surface area contributed by atoms with E-state index in [2.05, 4.69) is 22.3 Å². The number of nitrogens with one attached hydrogen (secondary N) is 1. The summed E-state index contributed by atoms with van der Waals surface area (Å²) in [6, 6.07) is 0. The molecule has 0 aliphatic heterocycles. The molecule has 0 amide bonds. The van der Waals surface area contributed by atoms with Crippen molar-refractivity contribution in [2.45, 2.75) is 33.7 Å². The standard InChI is InChI=1S/C9H18N4/c1-4-10-6-5-7-13-9(3)11-8(2)12-13/h10H,4-7H2,1-3H3. The van der Waals surface area contributed by atoms with E-state index < -0.39 is 0 Å². The third-order valence-corrected chi connectivity index (χ3v) is 1.94. The highest BCUT2D eigenvalue weighted by Crippen LogP contribution is 1.96. The number of hydrogen-bond donors (Lipinski definition) is 1. The summed E-state index contributed by atoms with van der Waals surface area (Å²) < 4.78 is 1.96. The Labute approximate surface area is 79.4 Å². The van der Waals surface area contributed by atoms with Gasteiger partial charge in [-0.25, -0.2) is 4.98 Å². The Morgan fingerprint density at radius 2 is 2.15 bits per heavy atom. The molecule has 0 radical (unpaired) electrons. The molecule has 0 fully saturated rings. The van der Waals surface area contributed by atoms with Crippen molar-refractivity contribution in [2.75, 3.05) is 13.1 Å². The second kappa shape index (κ2) is 4.97. The molecule has 0 aliphatic carbocycles. The molecule has 4 heteroatoms. The van der Waals surface area contributed by atoms with Crippen molar-refractivity contribution in [2.24, 2.45) is 0 Å². The Bertz CT molecular complexity index is 254. The molecule has 1 aromatic rings. The molecule has 0 atom stereocenters. The van der Waals surface area contributed by atoms with Crippen molar-refractivity contribution >= 4 is 0 Å². The quantitative estimate of drug-likeness (QED) is 0.688. The molecule has 0 aromatic carbocycles. The van der Waals surface area contributed by atoms with Gasteiger partial charge in [0.1, 0.15) is 11.6 Å². The Balaban J connectivity index is 2.32. The van der Waals surface area contributed by atoms with E-state index in [1.165, 1.54) is 0 Å². The van der Waals surface area contributed by atoms with Gasteiger partial charge in [0.25, 0.3) is 0 Å². The maximum absolute atomic E-state index is 4.29. The topological polar surface area (TPSA) is 42.7 Å². The van der Waals surface area contributed by atoms with Crippen LogP contribution in [0.2, 0.25) is 0 Å². The van der Waals surface area contributed by atoms with Crippen molar-refractivity contribution in [3.63, 3.8) is 0 Å². The molecular weight excluding hydrogens is 164 g/mol. The summed E-state index contributed by atoms with van der Waals surface area (Å²) in [6.07, 6.45) is 1.11. The van der Waals surface area contributed by atoms with Gasteiger partial charge in [-0.1, -0.05) is 6.92 Å². The minimum Gasteiger partial charge on any atom is -0.317 e. The van der Waals surface area contributed by atoms with Crippen LogP contribution < -0.4 is 5.32 Å². The van der Waals surface area contributed by atoms with E-state index in [4.69, 9.17) is 0 Å². The smallest absolute Gasteiger partial charge is 0.147 e. The minimum atomic E-state index is 0.862. The molecule has 1 heterocycles. The molecule has 0 saturated heterocycles. The van der Waals surface area contributed by atoms with Crippen molar-refractivity contribution in [3.8, 4) is 0 Å². The highest BCUT2D eigenvalue weighted by molar-refractivity contribution is 4.87. The van der Waals surface area contributed by atoms with Gasteiger partial charge in [-0.3, -0.25) is 4.68 Å². The van der Waals surface area contributed by atoms with Gasteiger partial charge < -0.3 is 5.32 Å². The van der Waals surface area contributed by atoms with Crippen LogP contribution >= 0.6 is 0 Å². The molecule has 74 valence electrons. The molecule has 0 unspecified atom stereocenters. The lowest BCUT2D eigenvalue weighted by atomic mass is 10.4. The molecule has 1 N–H and O–H groups in total. The van der Waals surface area contributed by atoms with E-state index >= 15 is 0 Å². The van der Waals surface area contributed by atoms with Gasteiger partial charge >= 0.3 is 0 Å². The third-order valence-electron chi connectivity index (χ3n) is 1.94. The third kappa shape index (κ3) is 3.14. The molecular formula is C9H18N4. The lowest BCUT2D eigenvalue weighted by molar-refractivity contribution is 0.536. The first-order valence-corrected chi connectivity index (χ1v) is 4.82. The average Bonchev–Trinajstić information content (AvgIpc) is 2.39. The van der Waals surface area contributed by atoms with Crippen LogP contribution in [0.4, 0.5) is 0 Å². The lowest BCUT2D eigenvalue weighted by Crippen LogP contribution is -2.16. The second-order valence-electron chi connectivity index (χ2n) is 3.14. The number of aromatic nitrogens is 3. The number of aryl methyl sites for hydroxylation is 3. The maximum Gasteiger partial charge on any atom is 0.147 e. The van der Waals surface area contributed by atoms with E-state index in [0.717, 1.165) is 37.7 Å². The highest BCUT2D eigenvalue weighted by atomic mass is 15.3. The van der Waals surface area contributed by atoms with E-state index in [-0.39, 0.29) is 0 Å². The molecule has 4 nitrogen and oxygen atoms in total. The Hall–Kier alpha value is -0.900. The lowest BCUT2D eigenvalue weighted by Gasteiger charge is -2.02. The van der Waals surface area contributed by atoms with Gasteiger partial charge in [-0.15, -0.1) is 0 Å². The molecule has 0 spiro atoms. The minimum absolute atomic E-state index is 0.862. The van der Waals surface area contributed by atoms with Crippen LogP contribution in [0.3, 0.4) is 0 Å². The van der Waals surface area contributed by atoms with Crippen LogP contribution in [-0.4, -0.2) is 27.9 Å². The number of nitrogens with zero attached hydrogens (tertiary/aromatic N) is 3. The second-order valence-corrected chi connectivity index (χ2v) is 3.14. The van der Waals surface area contributed by atoms with E-state index in [1.54, 1.807) is 0 Å². The van der Waals surface area contributed by atoms with Crippen LogP contribution in [0.15, 0.2) is 0 Å². The molecule has 0 saturated carbocycles. The molecule has 0 aliphatic rings. The fourth-order valence-electron chi connectivity index (χ4n) is 1.30. The normalized spacial score (nSPS) is 10.7. The molecule has 0 bridgehead atoms. The van der Waals surface area contributed by atoms with Crippen LogP contribution in [0.1, 0.15) is 25.0 Å². The first-order valence-electron chi connectivity index (χ1n) is 4.82. The SMILES string of the molecule is CCNCCCn1nc(C)nc1C. The summed E-state index contributed by atoms with van der Waals surface area (Å²) in [5.74, 6) is 1.87. The summed E-state index contributed by atoms with van der Waals surface area (Å²) >= 11 is 0. The van der Waals surface area contributed by atoms with Crippen LogP contribution in [0, 0.1) is 13.8 Å². The van der Waals surface area contributed by atoms with E-state index in [1.807, 2.05) is 18.5 Å². The van der Waals surface area contributed by atoms with Crippen molar-refractivity contribution in [1.82, 2.24) is 20.1 Å². The zero-order chi connectivity index (χ0) is 9.68. The summed E-state index contributed by atoms with van der Waals surface area (Å²) in [7, 11) is 0. The van der Waals surface area contributed by atoms with Crippen molar-refractivity contribution in [1.29, 1.82) is 0 Å². The number of rotatable bonds is 5. The van der Waals surface area contributed by atoms with Gasteiger partial charge in [-0.2, -0.15) is 5.10 Å². The summed E-state index contributed by atoms with van der Waals surface area (Å²) in [6.45, 7) is 9.08. The van der Waals surface area contributed by atoms with Gasteiger partial charge in [-0.05, 0) is 33.4 Å². The number of hydrogen-bond acceptors (Lipinski definition) is 3. The van der Waals surface area contributed by atoms with Gasteiger partial charge in [0, 0.05) is 6.54 Å². The Kier molecular flexibility index (Phi) is 3.89. The Morgan fingerprint density at radius 3 is 2.69 bits per heavy atom. The van der Waals surface area contributed by atoms with Crippen molar-refractivity contribution < 1.29 is 0 Å². The summed E-state index contributed by atoms with van der Waals surface area (Å²) in [5, 5.41) is 7.57.